The van der Waals surface area contributed by atoms with Gasteiger partial charge in [0.15, 0.2) is 5.78 Å². The largest absolute Gasteiger partial charge is 0.416 e. The minimum absolute atomic E-state index is 0.0781. The smallest absolute Gasteiger partial charge is 0.295 e. The third-order valence-electron chi connectivity index (χ3n) is 3.16. The van der Waals surface area contributed by atoms with Gasteiger partial charge in [-0.1, -0.05) is 0 Å². The van der Waals surface area contributed by atoms with Gasteiger partial charge in [-0.15, -0.1) is 0 Å². The molecule has 1 aromatic carbocycles. The summed E-state index contributed by atoms with van der Waals surface area (Å²) in [5.41, 5.74) is -2.73. The fourth-order valence-electron chi connectivity index (χ4n) is 2.16. The number of carbonyl (C=O) groups excluding carboxylic acids is 1. The molecule has 0 aliphatic heterocycles. The van der Waals surface area contributed by atoms with Gasteiger partial charge in [-0.2, -0.15) is 26.3 Å². The summed E-state index contributed by atoms with van der Waals surface area (Å²) < 4.78 is 76.4. The number of carbonyl (C=O) groups is 1. The van der Waals surface area contributed by atoms with Gasteiger partial charge in [-0.05, 0) is 48.3 Å². The van der Waals surface area contributed by atoms with Crippen LogP contribution in [0.1, 0.15) is 36.0 Å². The summed E-state index contributed by atoms with van der Waals surface area (Å²) in [5.74, 6) is -0.290. The van der Waals surface area contributed by atoms with Gasteiger partial charge in [-0.25, -0.2) is 0 Å². The van der Waals surface area contributed by atoms with Crippen LogP contribution in [0.2, 0.25) is 0 Å². The fraction of sp³-hybridized carbons (Fsp3) is 0.357. The number of rotatable bonds is 1. The first-order valence-corrected chi connectivity index (χ1v) is 6.10. The normalized spacial score (nSPS) is 16.9. The second-order valence-electron chi connectivity index (χ2n) is 4.78. The Morgan fingerprint density at radius 2 is 1.33 bits per heavy atom. The van der Waals surface area contributed by atoms with E-state index in [1.165, 1.54) is 0 Å². The third-order valence-corrected chi connectivity index (χ3v) is 3.16. The van der Waals surface area contributed by atoms with Gasteiger partial charge in [0.2, 0.25) is 0 Å². The molecule has 0 saturated carbocycles. The van der Waals surface area contributed by atoms with E-state index in [-0.39, 0.29) is 35.8 Å². The van der Waals surface area contributed by atoms with Crippen LogP contribution in [-0.4, -0.2) is 5.78 Å². The lowest BCUT2D eigenvalue weighted by Crippen LogP contribution is -2.12. The quantitative estimate of drug-likeness (QED) is 0.677. The number of hydrogen-bond donors (Lipinski definition) is 0. The average Bonchev–Trinajstić information content (AvgIpc) is 2.36. The maximum absolute atomic E-state index is 12.7. The van der Waals surface area contributed by atoms with Crippen molar-refractivity contribution in [2.24, 2.45) is 0 Å². The highest BCUT2D eigenvalue weighted by Crippen LogP contribution is 2.38. The molecule has 1 aromatic rings. The van der Waals surface area contributed by atoms with Crippen LogP contribution in [0.5, 0.6) is 0 Å². The summed E-state index contributed by atoms with van der Waals surface area (Å²) in [4.78, 5) is 11.3. The molecule has 0 N–H and O–H groups in total. The molecular formula is C14H10F6O. The van der Waals surface area contributed by atoms with Crippen molar-refractivity contribution in [3.05, 3.63) is 41.0 Å². The minimum atomic E-state index is -4.88. The summed E-state index contributed by atoms with van der Waals surface area (Å²) in [6.45, 7) is 0. The van der Waals surface area contributed by atoms with Crippen molar-refractivity contribution in [1.82, 2.24) is 0 Å². The van der Waals surface area contributed by atoms with Crippen LogP contribution in [0.3, 0.4) is 0 Å². The van der Waals surface area contributed by atoms with Gasteiger partial charge < -0.3 is 0 Å². The van der Waals surface area contributed by atoms with E-state index in [1.807, 2.05) is 0 Å². The number of ketones is 1. The van der Waals surface area contributed by atoms with Gasteiger partial charge in [0.05, 0.1) is 11.1 Å². The highest BCUT2D eigenvalue weighted by Gasteiger charge is 2.37. The summed E-state index contributed by atoms with van der Waals surface area (Å²) in [5, 5.41) is 0. The van der Waals surface area contributed by atoms with Crippen molar-refractivity contribution >= 4 is 11.4 Å². The minimum Gasteiger partial charge on any atom is -0.295 e. The van der Waals surface area contributed by atoms with Crippen molar-refractivity contribution in [3.8, 4) is 0 Å². The van der Waals surface area contributed by atoms with E-state index >= 15 is 0 Å². The van der Waals surface area contributed by atoms with Crippen LogP contribution in [0.15, 0.2) is 24.3 Å². The maximum atomic E-state index is 12.7. The van der Waals surface area contributed by atoms with Gasteiger partial charge >= 0.3 is 12.4 Å². The molecule has 0 heterocycles. The molecule has 7 heteroatoms. The van der Waals surface area contributed by atoms with Crippen LogP contribution in [0.25, 0.3) is 5.57 Å². The van der Waals surface area contributed by atoms with Gasteiger partial charge in [0.1, 0.15) is 0 Å². The summed E-state index contributed by atoms with van der Waals surface area (Å²) in [6, 6.07) is 1.38. The number of halogens is 6. The predicted octanol–water partition coefficient (Wildman–Crippen LogP) is 4.86. The Labute approximate surface area is 116 Å². The van der Waals surface area contributed by atoms with Crippen molar-refractivity contribution in [3.63, 3.8) is 0 Å². The Morgan fingerprint density at radius 3 is 1.76 bits per heavy atom. The molecule has 0 radical (unpaired) electrons. The number of benzene rings is 1. The lowest BCUT2D eigenvalue weighted by Gasteiger charge is -2.17. The van der Waals surface area contributed by atoms with E-state index in [0.29, 0.717) is 18.6 Å². The summed E-state index contributed by atoms with van der Waals surface area (Å²) in [7, 11) is 0. The monoisotopic (exact) mass is 308 g/mol. The van der Waals surface area contributed by atoms with E-state index in [9.17, 15) is 31.1 Å². The zero-order valence-electron chi connectivity index (χ0n) is 10.6. The first kappa shape index (κ1) is 15.6. The Morgan fingerprint density at radius 1 is 0.810 bits per heavy atom. The van der Waals surface area contributed by atoms with Crippen molar-refractivity contribution in [2.75, 3.05) is 0 Å². The number of allylic oxidation sites excluding steroid dienone is 2. The zero-order valence-corrected chi connectivity index (χ0v) is 10.6. The summed E-state index contributed by atoms with van der Waals surface area (Å²) >= 11 is 0. The van der Waals surface area contributed by atoms with E-state index in [0.717, 1.165) is 6.08 Å². The molecule has 1 nitrogen and oxygen atoms in total. The predicted molar refractivity (Wildman–Crippen MR) is 63.3 cm³/mol. The van der Waals surface area contributed by atoms with Crippen molar-refractivity contribution in [2.45, 2.75) is 31.6 Å². The molecule has 0 amide bonds. The van der Waals surface area contributed by atoms with Gasteiger partial charge in [0, 0.05) is 6.42 Å². The molecule has 1 aliphatic carbocycles. The molecule has 0 unspecified atom stereocenters. The van der Waals surface area contributed by atoms with E-state index in [2.05, 4.69) is 0 Å². The molecule has 0 aromatic heterocycles. The molecule has 114 valence electrons. The van der Waals surface area contributed by atoms with Gasteiger partial charge in [0.25, 0.3) is 0 Å². The molecule has 0 atom stereocenters. The fourth-order valence-corrected chi connectivity index (χ4v) is 2.16. The molecular weight excluding hydrogens is 298 g/mol. The van der Waals surface area contributed by atoms with E-state index in [4.69, 9.17) is 0 Å². The SMILES string of the molecule is O=C1C=C(c2cc(C(F)(F)F)cc(C(F)(F)F)c2)CCC1. The lowest BCUT2D eigenvalue weighted by molar-refractivity contribution is -0.143. The van der Waals surface area contributed by atoms with Crippen molar-refractivity contribution < 1.29 is 31.1 Å². The molecule has 1 aliphatic rings. The maximum Gasteiger partial charge on any atom is 0.416 e. The molecule has 0 spiro atoms. The molecule has 0 saturated heterocycles. The molecule has 0 fully saturated rings. The number of alkyl halides is 6. The Bertz CT molecular complexity index is 562. The first-order valence-electron chi connectivity index (χ1n) is 6.10. The third kappa shape index (κ3) is 3.65. The number of hydrogen-bond acceptors (Lipinski definition) is 1. The average molecular weight is 308 g/mol. The Balaban J connectivity index is 2.58. The second-order valence-corrected chi connectivity index (χ2v) is 4.78. The second kappa shape index (κ2) is 5.20. The molecule has 21 heavy (non-hydrogen) atoms. The standard InChI is InChI=1S/C14H10F6O/c15-13(16,17)10-4-9(5-11(7-10)14(18,19)20)8-2-1-3-12(21)6-8/h4-7H,1-3H2. The van der Waals surface area contributed by atoms with Crippen LogP contribution in [-0.2, 0) is 17.1 Å². The Kier molecular flexibility index (Phi) is 3.86. The Hall–Kier alpha value is -1.79. The van der Waals surface area contributed by atoms with Crippen LogP contribution in [0, 0.1) is 0 Å². The first-order chi connectivity index (χ1) is 9.57. The zero-order chi connectivity index (χ0) is 15.8. The highest BCUT2D eigenvalue weighted by molar-refractivity contribution is 5.98. The van der Waals surface area contributed by atoms with Crippen molar-refractivity contribution in [1.29, 1.82) is 0 Å². The van der Waals surface area contributed by atoms with E-state index in [1.54, 1.807) is 0 Å². The molecule has 2 rings (SSSR count). The topological polar surface area (TPSA) is 17.1 Å². The van der Waals surface area contributed by atoms with Crippen LogP contribution in [0.4, 0.5) is 26.3 Å². The summed E-state index contributed by atoms with van der Waals surface area (Å²) in [6.07, 6.45) is -7.68. The highest BCUT2D eigenvalue weighted by atomic mass is 19.4. The van der Waals surface area contributed by atoms with Gasteiger partial charge in [-0.3, -0.25) is 4.79 Å². The molecule has 0 bridgehead atoms. The van der Waals surface area contributed by atoms with E-state index < -0.39 is 23.5 Å². The van der Waals surface area contributed by atoms with Crippen LogP contribution < -0.4 is 0 Å². The lowest BCUT2D eigenvalue weighted by atomic mass is 9.91. The van der Waals surface area contributed by atoms with Crippen LogP contribution >= 0.6 is 0 Å².